The highest BCUT2D eigenvalue weighted by Gasteiger charge is 2.51. The maximum atomic E-state index is 14.7. The van der Waals surface area contributed by atoms with Gasteiger partial charge in [-0.1, -0.05) is 18.2 Å². The molecule has 1 aromatic heterocycles. The molecule has 0 radical (unpaired) electrons. The molecule has 0 unspecified atom stereocenters. The van der Waals surface area contributed by atoms with Gasteiger partial charge < -0.3 is 10.1 Å². The van der Waals surface area contributed by atoms with E-state index in [4.69, 9.17) is 10.00 Å². The summed E-state index contributed by atoms with van der Waals surface area (Å²) in [6.07, 6.45) is 3.69. The van der Waals surface area contributed by atoms with E-state index in [-0.39, 0.29) is 24.7 Å². The van der Waals surface area contributed by atoms with E-state index in [1.807, 2.05) is 30.3 Å². The van der Waals surface area contributed by atoms with Crippen molar-refractivity contribution >= 4 is 5.91 Å². The van der Waals surface area contributed by atoms with Gasteiger partial charge in [0.2, 0.25) is 11.7 Å². The number of ether oxygens (including phenoxy) is 1. The Morgan fingerprint density at radius 2 is 2.03 bits per heavy atom. The van der Waals surface area contributed by atoms with Crippen LogP contribution >= 0.6 is 0 Å². The number of aryl methyl sites for hydroxylation is 1. The van der Waals surface area contributed by atoms with Gasteiger partial charge >= 0.3 is 0 Å². The number of nitriles is 1. The Hall–Kier alpha value is -2.82. The molecule has 0 saturated carbocycles. The first-order valence-electron chi connectivity index (χ1n) is 11.0. The fourth-order valence-corrected chi connectivity index (χ4v) is 4.56. The maximum Gasteiger partial charge on any atom is 0.230 e. The Kier molecular flexibility index (Phi) is 6.02. The van der Waals surface area contributed by atoms with Crippen LogP contribution in [-0.2, 0) is 21.5 Å². The maximum absolute atomic E-state index is 14.7. The summed E-state index contributed by atoms with van der Waals surface area (Å²) < 4.78 is 19.7. The summed E-state index contributed by atoms with van der Waals surface area (Å²) in [5.74, 6) is -2.03. The van der Waals surface area contributed by atoms with Gasteiger partial charge in [0, 0.05) is 19.3 Å². The number of hydrogen-bond donors (Lipinski definition) is 1. The van der Waals surface area contributed by atoms with Crippen LogP contribution in [0.2, 0.25) is 0 Å². The van der Waals surface area contributed by atoms with Crippen LogP contribution in [0.15, 0.2) is 48.7 Å². The molecule has 1 N–H and O–H groups in total. The zero-order valence-corrected chi connectivity index (χ0v) is 18.6. The Labute approximate surface area is 188 Å². The Morgan fingerprint density at radius 1 is 1.28 bits per heavy atom. The number of carbonyl (C=O) groups is 1. The topological polar surface area (TPSA) is 78.2 Å². The van der Waals surface area contributed by atoms with Crippen molar-refractivity contribution < 1.29 is 13.9 Å². The molecule has 2 fully saturated rings. The molecule has 7 heteroatoms. The molecular weight excluding hydrogens is 407 g/mol. The predicted molar refractivity (Wildman–Crippen MR) is 118 cm³/mol. The molecule has 0 aliphatic carbocycles. The summed E-state index contributed by atoms with van der Waals surface area (Å²) in [7, 11) is 0. The SMILES string of the molecule is CC(C)(c1ccccn1)N1CC[C@@](CCc2ccc(C#N)cc2)(C(=O)NC2(F)COC2)C1. The molecule has 1 aromatic carbocycles. The summed E-state index contributed by atoms with van der Waals surface area (Å²) in [6.45, 7) is 5.26. The van der Waals surface area contributed by atoms with Gasteiger partial charge in [-0.05, 0) is 62.9 Å². The standard InChI is InChI=1S/C25H29FN4O2/c1-23(2,21-5-3-4-13-28-21)30-14-12-24(16-30,22(31)29-25(26)17-32-18-25)11-10-19-6-8-20(15-27)9-7-19/h3-9,13H,10-12,14,16-18H2,1-2H3,(H,29,31)/t24-/m1/s1. The van der Waals surface area contributed by atoms with Crippen LogP contribution < -0.4 is 5.32 Å². The number of nitrogens with one attached hydrogen (secondary N) is 1. The number of hydrogen-bond acceptors (Lipinski definition) is 5. The monoisotopic (exact) mass is 436 g/mol. The van der Waals surface area contributed by atoms with Crippen LogP contribution in [0.1, 0.15) is 43.5 Å². The molecule has 2 aliphatic heterocycles. The van der Waals surface area contributed by atoms with Crippen LogP contribution in [0.3, 0.4) is 0 Å². The van der Waals surface area contributed by atoms with Crippen molar-refractivity contribution in [1.82, 2.24) is 15.2 Å². The van der Waals surface area contributed by atoms with Gasteiger partial charge in [-0.3, -0.25) is 14.7 Å². The van der Waals surface area contributed by atoms with E-state index in [0.717, 1.165) is 17.8 Å². The zero-order valence-electron chi connectivity index (χ0n) is 18.6. The zero-order chi connectivity index (χ0) is 22.8. The van der Waals surface area contributed by atoms with E-state index in [2.05, 4.69) is 35.1 Å². The smallest absolute Gasteiger partial charge is 0.230 e. The van der Waals surface area contributed by atoms with Gasteiger partial charge in [0.05, 0.1) is 28.3 Å². The third kappa shape index (κ3) is 4.38. The molecule has 32 heavy (non-hydrogen) atoms. The van der Waals surface area contributed by atoms with Gasteiger partial charge in [-0.25, -0.2) is 4.39 Å². The molecule has 2 saturated heterocycles. The van der Waals surface area contributed by atoms with Crippen molar-refractivity contribution in [2.24, 2.45) is 5.41 Å². The van der Waals surface area contributed by atoms with E-state index in [9.17, 15) is 9.18 Å². The molecule has 2 aromatic rings. The summed E-state index contributed by atoms with van der Waals surface area (Å²) in [6, 6.07) is 15.4. The first kappa shape index (κ1) is 22.4. The van der Waals surface area contributed by atoms with Crippen molar-refractivity contribution in [1.29, 1.82) is 5.26 Å². The highest BCUT2D eigenvalue weighted by molar-refractivity contribution is 5.84. The normalized spacial score (nSPS) is 22.7. The van der Waals surface area contributed by atoms with Gasteiger partial charge in [-0.15, -0.1) is 0 Å². The van der Waals surface area contributed by atoms with Crippen LogP contribution in [0.25, 0.3) is 0 Å². The second-order valence-electron chi connectivity index (χ2n) is 9.45. The molecule has 1 atom stereocenters. The largest absolute Gasteiger partial charge is 0.371 e. The Bertz CT molecular complexity index is 999. The van der Waals surface area contributed by atoms with Crippen LogP contribution in [0.4, 0.5) is 4.39 Å². The number of halogens is 1. The van der Waals surface area contributed by atoms with Crippen LogP contribution in [0, 0.1) is 16.7 Å². The molecule has 0 spiro atoms. The molecular formula is C25H29FN4O2. The highest BCUT2D eigenvalue weighted by Crippen LogP contribution is 2.42. The van der Waals surface area contributed by atoms with Crippen LogP contribution in [-0.4, -0.2) is 47.9 Å². The lowest BCUT2D eigenvalue weighted by molar-refractivity contribution is -0.167. The average molecular weight is 437 g/mol. The van der Waals surface area contributed by atoms with Gasteiger partial charge in [0.1, 0.15) is 13.2 Å². The summed E-state index contributed by atoms with van der Waals surface area (Å²) in [4.78, 5) is 20.2. The van der Waals surface area contributed by atoms with Crippen molar-refractivity contribution in [3.63, 3.8) is 0 Å². The number of benzene rings is 1. The third-order valence-corrected chi connectivity index (χ3v) is 6.89. The van der Waals surface area contributed by atoms with Gasteiger partial charge in [0.25, 0.3) is 0 Å². The quantitative estimate of drug-likeness (QED) is 0.674. The third-order valence-electron chi connectivity index (χ3n) is 6.89. The number of pyridine rings is 1. The number of alkyl halides is 1. The Balaban J connectivity index is 1.55. The fraction of sp³-hybridized carbons (Fsp3) is 0.480. The Morgan fingerprint density at radius 3 is 2.62 bits per heavy atom. The van der Waals surface area contributed by atoms with Crippen LogP contribution in [0.5, 0.6) is 0 Å². The number of carbonyl (C=O) groups excluding carboxylic acids is 1. The number of amides is 1. The molecule has 3 heterocycles. The second-order valence-corrected chi connectivity index (χ2v) is 9.45. The van der Waals surface area contributed by atoms with E-state index < -0.39 is 11.2 Å². The molecule has 2 aliphatic rings. The minimum absolute atomic E-state index is 0.104. The first-order valence-corrected chi connectivity index (χ1v) is 11.0. The summed E-state index contributed by atoms with van der Waals surface area (Å²) in [5, 5.41) is 11.6. The predicted octanol–water partition coefficient (Wildman–Crippen LogP) is 3.33. The lowest BCUT2D eigenvalue weighted by Gasteiger charge is -2.40. The highest BCUT2D eigenvalue weighted by atomic mass is 19.1. The molecule has 4 rings (SSSR count). The lowest BCUT2D eigenvalue weighted by atomic mass is 9.79. The van der Waals surface area contributed by atoms with E-state index >= 15 is 0 Å². The van der Waals surface area contributed by atoms with Crippen molar-refractivity contribution in [3.8, 4) is 6.07 Å². The van der Waals surface area contributed by atoms with Crippen molar-refractivity contribution in [2.45, 2.75) is 44.4 Å². The van der Waals surface area contributed by atoms with E-state index in [1.54, 1.807) is 18.3 Å². The van der Waals surface area contributed by atoms with Gasteiger partial charge in [-0.2, -0.15) is 5.26 Å². The molecule has 0 bridgehead atoms. The summed E-state index contributed by atoms with van der Waals surface area (Å²) in [5.41, 5.74) is 1.53. The number of rotatable bonds is 7. The molecule has 1 amide bonds. The van der Waals surface area contributed by atoms with Gasteiger partial charge in [0.15, 0.2) is 0 Å². The second kappa shape index (κ2) is 8.61. The number of nitrogens with zero attached hydrogens (tertiary/aromatic N) is 3. The fourth-order valence-electron chi connectivity index (χ4n) is 4.56. The number of aromatic nitrogens is 1. The first-order chi connectivity index (χ1) is 15.3. The number of likely N-dealkylation sites (tertiary alicyclic amines) is 1. The minimum Gasteiger partial charge on any atom is -0.371 e. The van der Waals surface area contributed by atoms with Crippen molar-refractivity contribution in [2.75, 3.05) is 26.3 Å². The summed E-state index contributed by atoms with van der Waals surface area (Å²) >= 11 is 0. The molecule has 168 valence electrons. The molecule has 6 nitrogen and oxygen atoms in total. The van der Waals surface area contributed by atoms with Crippen molar-refractivity contribution in [3.05, 3.63) is 65.5 Å². The average Bonchev–Trinajstić information content (AvgIpc) is 3.24. The van der Waals surface area contributed by atoms with E-state index in [0.29, 0.717) is 31.4 Å². The van der Waals surface area contributed by atoms with E-state index in [1.165, 1.54) is 0 Å². The lowest BCUT2D eigenvalue weighted by Crippen LogP contribution is -2.62. The minimum atomic E-state index is -1.78.